The van der Waals surface area contributed by atoms with Gasteiger partial charge in [-0.1, -0.05) is 73.9 Å². The molecule has 0 aromatic heterocycles. The summed E-state index contributed by atoms with van der Waals surface area (Å²) in [5.74, 6) is -0.523. The lowest BCUT2D eigenvalue weighted by Gasteiger charge is -2.24. The number of carboxylic acid groups (broad SMARTS) is 1. The van der Waals surface area contributed by atoms with Crippen LogP contribution in [0.2, 0.25) is 0 Å². The molecule has 5 atom stereocenters. The third-order valence-corrected chi connectivity index (χ3v) is 7.24. The van der Waals surface area contributed by atoms with Crippen molar-refractivity contribution in [3.8, 4) is 0 Å². The summed E-state index contributed by atoms with van der Waals surface area (Å²) in [6.07, 6.45) is 5.89. The average Bonchev–Trinajstić information content (AvgIpc) is 3.07. The van der Waals surface area contributed by atoms with Gasteiger partial charge in [0.1, 0.15) is 0 Å². The van der Waals surface area contributed by atoms with Gasteiger partial charge in [-0.25, -0.2) is 0 Å². The summed E-state index contributed by atoms with van der Waals surface area (Å²) in [7, 11) is 0. The summed E-state index contributed by atoms with van der Waals surface area (Å²) in [5, 5.41) is 30.0. The number of aliphatic hydroxyl groups excluding tert-OH is 2. The molecule has 2 unspecified atom stereocenters. The van der Waals surface area contributed by atoms with Crippen molar-refractivity contribution >= 4 is 17.6 Å². The molecule has 1 fully saturated rings. The summed E-state index contributed by atoms with van der Waals surface area (Å²) in [6, 6.07) is 18.2. The first-order valence-electron chi connectivity index (χ1n) is 11.8. The van der Waals surface area contributed by atoms with Gasteiger partial charge in [-0.05, 0) is 54.7 Å². The Morgan fingerprint density at radius 1 is 1.00 bits per heavy atom. The standard InChI is InChI=1S/C27H35ClO4/c28-23-18-25(30)27(22(23)10-6-1-2-7-11-26(31)32)21-15-13-20(14-16-21)24(29)17-12-19-8-4-3-5-9-19/h3-5,8-9,13-16,22-25,27,29-30H,1-2,6-7,10-12,17-18H2,(H,31,32)/t22-,23+,24?,25+,27?/m0/s1. The molecule has 1 aliphatic rings. The topological polar surface area (TPSA) is 77.8 Å². The lowest BCUT2D eigenvalue weighted by molar-refractivity contribution is -0.137. The van der Waals surface area contributed by atoms with Crippen molar-refractivity contribution in [3.63, 3.8) is 0 Å². The fourth-order valence-electron chi connectivity index (χ4n) is 4.96. The smallest absolute Gasteiger partial charge is 0.303 e. The van der Waals surface area contributed by atoms with E-state index in [0.717, 1.165) is 43.2 Å². The van der Waals surface area contributed by atoms with E-state index in [2.05, 4.69) is 12.1 Å². The number of carboxylic acids is 1. The molecule has 2 aromatic rings. The highest BCUT2D eigenvalue weighted by Crippen LogP contribution is 2.45. The van der Waals surface area contributed by atoms with Crippen molar-refractivity contribution in [1.82, 2.24) is 0 Å². The van der Waals surface area contributed by atoms with Crippen LogP contribution in [0.4, 0.5) is 0 Å². The number of aliphatic carboxylic acids is 1. The lowest BCUT2D eigenvalue weighted by Crippen LogP contribution is -2.19. The third kappa shape index (κ3) is 7.06. The molecule has 174 valence electrons. The largest absolute Gasteiger partial charge is 0.481 e. The predicted octanol–water partition coefficient (Wildman–Crippen LogP) is 5.85. The molecule has 0 bridgehead atoms. The van der Waals surface area contributed by atoms with Crippen molar-refractivity contribution in [2.75, 3.05) is 0 Å². The summed E-state index contributed by atoms with van der Waals surface area (Å²) < 4.78 is 0. The van der Waals surface area contributed by atoms with E-state index in [0.29, 0.717) is 19.3 Å². The first kappa shape index (κ1) is 24.8. The number of alkyl halides is 1. The van der Waals surface area contributed by atoms with Crippen molar-refractivity contribution in [2.45, 2.75) is 81.3 Å². The van der Waals surface area contributed by atoms with Gasteiger partial charge in [0, 0.05) is 17.7 Å². The minimum Gasteiger partial charge on any atom is -0.481 e. The second-order valence-corrected chi connectivity index (χ2v) is 9.62. The number of aryl methyl sites for hydroxylation is 1. The van der Waals surface area contributed by atoms with Crippen molar-refractivity contribution in [2.24, 2.45) is 5.92 Å². The molecule has 32 heavy (non-hydrogen) atoms. The molecule has 5 heteroatoms. The molecule has 0 amide bonds. The van der Waals surface area contributed by atoms with Crippen molar-refractivity contribution in [1.29, 1.82) is 0 Å². The van der Waals surface area contributed by atoms with Gasteiger partial charge in [-0.15, -0.1) is 11.6 Å². The van der Waals surface area contributed by atoms with E-state index in [9.17, 15) is 15.0 Å². The molecule has 0 saturated heterocycles. The molecular weight excluding hydrogens is 424 g/mol. The Morgan fingerprint density at radius 3 is 2.38 bits per heavy atom. The third-order valence-electron chi connectivity index (χ3n) is 6.74. The lowest BCUT2D eigenvalue weighted by atomic mass is 9.83. The normalized spacial score (nSPS) is 23.8. The van der Waals surface area contributed by atoms with Gasteiger partial charge in [0.15, 0.2) is 0 Å². The predicted molar refractivity (Wildman–Crippen MR) is 128 cm³/mol. The highest BCUT2D eigenvalue weighted by molar-refractivity contribution is 6.21. The fourth-order valence-corrected chi connectivity index (χ4v) is 5.42. The van der Waals surface area contributed by atoms with E-state index < -0.39 is 18.2 Å². The van der Waals surface area contributed by atoms with E-state index in [4.69, 9.17) is 16.7 Å². The molecular formula is C27H35ClO4. The summed E-state index contributed by atoms with van der Waals surface area (Å²) in [4.78, 5) is 10.6. The zero-order valence-corrected chi connectivity index (χ0v) is 19.3. The van der Waals surface area contributed by atoms with Crippen LogP contribution in [0, 0.1) is 5.92 Å². The number of benzene rings is 2. The highest BCUT2D eigenvalue weighted by Gasteiger charge is 2.41. The van der Waals surface area contributed by atoms with Crippen molar-refractivity contribution in [3.05, 3.63) is 71.3 Å². The Bertz CT molecular complexity index is 823. The Balaban J connectivity index is 1.54. The maximum atomic E-state index is 10.7. The van der Waals surface area contributed by atoms with Crippen molar-refractivity contribution < 1.29 is 20.1 Å². The van der Waals surface area contributed by atoms with Gasteiger partial charge in [0.05, 0.1) is 12.2 Å². The van der Waals surface area contributed by atoms with Crippen LogP contribution in [0.1, 0.15) is 80.1 Å². The average molecular weight is 459 g/mol. The van der Waals surface area contributed by atoms with E-state index in [1.54, 1.807) is 0 Å². The molecule has 0 heterocycles. The number of aliphatic hydroxyl groups is 2. The molecule has 1 aliphatic carbocycles. The highest BCUT2D eigenvalue weighted by atomic mass is 35.5. The van der Waals surface area contributed by atoms with Crippen LogP contribution in [0.15, 0.2) is 54.6 Å². The van der Waals surface area contributed by atoms with Gasteiger partial charge in [-0.3, -0.25) is 4.79 Å². The van der Waals surface area contributed by atoms with Crippen LogP contribution in [-0.4, -0.2) is 32.8 Å². The van der Waals surface area contributed by atoms with Gasteiger partial charge in [-0.2, -0.15) is 0 Å². The number of hydrogen-bond donors (Lipinski definition) is 3. The van der Waals surface area contributed by atoms with Crippen LogP contribution in [0.25, 0.3) is 0 Å². The second kappa shape index (κ2) is 12.4. The fraction of sp³-hybridized carbons (Fsp3) is 0.519. The van der Waals surface area contributed by atoms with E-state index >= 15 is 0 Å². The minimum absolute atomic E-state index is 0.00651. The summed E-state index contributed by atoms with van der Waals surface area (Å²) in [6.45, 7) is 0. The molecule has 1 saturated carbocycles. The number of rotatable bonds is 12. The maximum absolute atomic E-state index is 10.7. The molecule has 0 spiro atoms. The van der Waals surface area contributed by atoms with Crippen LogP contribution in [0.3, 0.4) is 0 Å². The van der Waals surface area contributed by atoms with Gasteiger partial charge >= 0.3 is 5.97 Å². The second-order valence-electron chi connectivity index (χ2n) is 9.06. The van der Waals surface area contributed by atoms with Crippen LogP contribution < -0.4 is 0 Å². The number of halogens is 1. The monoisotopic (exact) mass is 458 g/mol. The van der Waals surface area contributed by atoms with Gasteiger partial charge in [0.2, 0.25) is 0 Å². The SMILES string of the molecule is O=C(O)CCCCCC[C@@H]1C(c2ccc(C(O)CCc3ccccc3)cc2)[C@H](O)C[C@H]1Cl. The molecule has 0 aliphatic heterocycles. The number of unbranched alkanes of at least 4 members (excludes halogenated alkanes) is 3. The number of carbonyl (C=O) groups is 1. The summed E-state index contributed by atoms with van der Waals surface area (Å²) >= 11 is 6.60. The number of hydrogen-bond acceptors (Lipinski definition) is 3. The first-order chi connectivity index (χ1) is 15.5. The maximum Gasteiger partial charge on any atom is 0.303 e. The summed E-state index contributed by atoms with van der Waals surface area (Å²) in [5.41, 5.74) is 3.20. The first-order valence-corrected chi connectivity index (χ1v) is 12.2. The zero-order chi connectivity index (χ0) is 22.9. The Hall–Kier alpha value is -1.88. The van der Waals surface area contributed by atoms with E-state index in [-0.39, 0.29) is 23.6 Å². The molecule has 4 nitrogen and oxygen atoms in total. The Labute approximate surface area is 196 Å². The molecule has 2 aromatic carbocycles. The van der Waals surface area contributed by atoms with Crippen LogP contribution in [-0.2, 0) is 11.2 Å². The van der Waals surface area contributed by atoms with Gasteiger partial charge in [0.25, 0.3) is 0 Å². The molecule has 3 N–H and O–H groups in total. The Kier molecular flexibility index (Phi) is 9.58. The zero-order valence-electron chi connectivity index (χ0n) is 18.6. The molecule has 3 rings (SSSR count). The van der Waals surface area contributed by atoms with Crippen LogP contribution in [0.5, 0.6) is 0 Å². The van der Waals surface area contributed by atoms with Crippen LogP contribution >= 0.6 is 11.6 Å². The Morgan fingerprint density at radius 2 is 1.69 bits per heavy atom. The van der Waals surface area contributed by atoms with Gasteiger partial charge < -0.3 is 15.3 Å². The molecule has 0 radical (unpaired) electrons. The quantitative estimate of drug-likeness (QED) is 0.275. The van der Waals surface area contributed by atoms with E-state index in [1.165, 1.54) is 5.56 Å². The van der Waals surface area contributed by atoms with E-state index in [1.807, 2.05) is 42.5 Å². The minimum atomic E-state index is -0.738.